The van der Waals surface area contributed by atoms with Gasteiger partial charge in [0.15, 0.2) is 6.61 Å². The third kappa shape index (κ3) is 4.78. The summed E-state index contributed by atoms with van der Waals surface area (Å²) in [5, 5.41) is 0. The van der Waals surface area contributed by atoms with E-state index in [-0.39, 0.29) is 38.0 Å². The molecule has 2 aliphatic rings. The van der Waals surface area contributed by atoms with Crippen molar-refractivity contribution in [1.29, 1.82) is 0 Å². The second-order valence-corrected chi connectivity index (χ2v) is 7.45. The number of piperidine rings is 1. The number of benzene rings is 1. The standard InChI is InChI=1S/C20H26N2O5/c1-14-9-15(2)11-21(10-14)19(24)13-27-20(25)12-22-16-5-3-4-6-17(16)26-8-7-18(22)23/h3-6,14-15H,7-13H2,1-2H3/t14-,15-/m0/s1. The number of anilines is 1. The molecular formula is C20H26N2O5. The molecule has 0 saturated carbocycles. The number of carbonyl (C=O) groups excluding carboxylic acids is 3. The maximum absolute atomic E-state index is 12.4. The van der Waals surface area contributed by atoms with Crippen LogP contribution in [-0.2, 0) is 19.1 Å². The molecule has 7 heteroatoms. The Morgan fingerprint density at radius 3 is 2.63 bits per heavy atom. The number of nitrogens with zero attached hydrogens (tertiary/aromatic N) is 2. The minimum atomic E-state index is -0.605. The van der Waals surface area contributed by atoms with E-state index in [1.54, 1.807) is 23.1 Å². The Hall–Kier alpha value is -2.57. The molecule has 1 fully saturated rings. The molecule has 0 aliphatic carbocycles. The molecule has 1 saturated heterocycles. The van der Waals surface area contributed by atoms with Crippen LogP contribution in [0.2, 0.25) is 0 Å². The van der Waals surface area contributed by atoms with Crippen LogP contribution in [0.4, 0.5) is 5.69 Å². The van der Waals surface area contributed by atoms with Crippen LogP contribution in [-0.4, -0.2) is 55.5 Å². The Balaban J connectivity index is 1.57. The Bertz CT molecular complexity index is 710. The van der Waals surface area contributed by atoms with E-state index in [0.29, 0.717) is 36.4 Å². The number of fused-ring (bicyclic) bond motifs is 1. The highest BCUT2D eigenvalue weighted by atomic mass is 16.5. The highest BCUT2D eigenvalue weighted by Crippen LogP contribution is 2.30. The average Bonchev–Trinajstić information content (AvgIpc) is 2.78. The minimum Gasteiger partial charge on any atom is -0.491 e. The second-order valence-electron chi connectivity index (χ2n) is 7.45. The second kappa shape index (κ2) is 8.41. The number of esters is 1. The molecule has 146 valence electrons. The smallest absolute Gasteiger partial charge is 0.326 e. The van der Waals surface area contributed by atoms with Crippen molar-refractivity contribution >= 4 is 23.5 Å². The quantitative estimate of drug-likeness (QED) is 0.752. The van der Waals surface area contributed by atoms with Gasteiger partial charge >= 0.3 is 5.97 Å². The van der Waals surface area contributed by atoms with Gasteiger partial charge in [-0.3, -0.25) is 19.3 Å². The zero-order valence-corrected chi connectivity index (χ0v) is 15.8. The number of carbonyl (C=O) groups is 3. The van der Waals surface area contributed by atoms with Crippen molar-refractivity contribution in [3.05, 3.63) is 24.3 Å². The maximum Gasteiger partial charge on any atom is 0.326 e. The molecule has 0 aromatic heterocycles. The van der Waals surface area contributed by atoms with Crippen molar-refractivity contribution < 1.29 is 23.9 Å². The maximum atomic E-state index is 12.4. The molecule has 27 heavy (non-hydrogen) atoms. The molecule has 0 radical (unpaired) electrons. The number of likely N-dealkylation sites (tertiary alicyclic amines) is 1. The first-order chi connectivity index (χ1) is 12.9. The van der Waals surface area contributed by atoms with E-state index in [2.05, 4.69) is 13.8 Å². The molecule has 3 rings (SSSR count). The summed E-state index contributed by atoms with van der Waals surface area (Å²) >= 11 is 0. The van der Waals surface area contributed by atoms with E-state index in [4.69, 9.17) is 9.47 Å². The van der Waals surface area contributed by atoms with E-state index in [9.17, 15) is 14.4 Å². The van der Waals surface area contributed by atoms with Gasteiger partial charge < -0.3 is 14.4 Å². The fraction of sp³-hybridized carbons (Fsp3) is 0.550. The van der Waals surface area contributed by atoms with Gasteiger partial charge in [-0.05, 0) is 30.4 Å². The van der Waals surface area contributed by atoms with Crippen LogP contribution in [0.1, 0.15) is 26.7 Å². The third-order valence-corrected chi connectivity index (χ3v) is 4.90. The number of amides is 2. The van der Waals surface area contributed by atoms with Gasteiger partial charge in [0.05, 0.1) is 18.7 Å². The molecule has 2 amide bonds. The summed E-state index contributed by atoms with van der Waals surface area (Å²) < 4.78 is 10.7. The van der Waals surface area contributed by atoms with Gasteiger partial charge in [-0.15, -0.1) is 0 Å². The van der Waals surface area contributed by atoms with Crippen LogP contribution in [0.5, 0.6) is 5.75 Å². The number of ether oxygens (including phenoxy) is 2. The summed E-state index contributed by atoms with van der Waals surface area (Å²) in [4.78, 5) is 40.1. The molecule has 1 aromatic carbocycles. The predicted molar refractivity (Wildman–Crippen MR) is 99.4 cm³/mol. The molecule has 2 aliphatic heterocycles. The monoisotopic (exact) mass is 374 g/mol. The Kier molecular flexibility index (Phi) is 5.98. The van der Waals surface area contributed by atoms with Gasteiger partial charge in [-0.1, -0.05) is 26.0 Å². The molecule has 0 bridgehead atoms. The summed E-state index contributed by atoms with van der Waals surface area (Å²) in [5.74, 6) is 0.448. The van der Waals surface area contributed by atoms with Crippen molar-refractivity contribution in [1.82, 2.24) is 4.90 Å². The summed E-state index contributed by atoms with van der Waals surface area (Å²) in [7, 11) is 0. The van der Waals surface area contributed by atoms with Gasteiger partial charge in [-0.2, -0.15) is 0 Å². The third-order valence-electron chi connectivity index (χ3n) is 4.90. The fourth-order valence-electron chi connectivity index (χ4n) is 3.77. The predicted octanol–water partition coefficient (Wildman–Crippen LogP) is 1.85. The zero-order chi connectivity index (χ0) is 19.4. The van der Waals surface area contributed by atoms with Crippen molar-refractivity contribution in [2.45, 2.75) is 26.7 Å². The van der Waals surface area contributed by atoms with Gasteiger partial charge in [0.25, 0.3) is 5.91 Å². The summed E-state index contributed by atoms with van der Waals surface area (Å²) in [6.07, 6.45) is 1.28. The van der Waals surface area contributed by atoms with Crippen LogP contribution >= 0.6 is 0 Å². The molecular weight excluding hydrogens is 348 g/mol. The summed E-state index contributed by atoms with van der Waals surface area (Å²) in [5.41, 5.74) is 0.543. The lowest BCUT2D eigenvalue weighted by atomic mass is 9.92. The molecule has 7 nitrogen and oxygen atoms in total. The van der Waals surface area contributed by atoms with Gasteiger partial charge in [0.2, 0.25) is 5.91 Å². The fourth-order valence-corrected chi connectivity index (χ4v) is 3.77. The Labute approximate surface area is 159 Å². The molecule has 0 spiro atoms. The van der Waals surface area contributed by atoms with Crippen molar-refractivity contribution in [2.24, 2.45) is 11.8 Å². The topological polar surface area (TPSA) is 76.2 Å². The first-order valence-corrected chi connectivity index (χ1v) is 9.39. The number of para-hydroxylation sites is 2. The normalized spacial score (nSPS) is 22.5. The highest BCUT2D eigenvalue weighted by Gasteiger charge is 2.28. The summed E-state index contributed by atoms with van der Waals surface area (Å²) in [6, 6.07) is 7.08. The highest BCUT2D eigenvalue weighted by molar-refractivity contribution is 5.99. The van der Waals surface area contributed by atoms with E-state index in [1.165, 1.54) is 4.90 Å². The number of hydrogen-bond acceptors (Lipinski definition) is 5. The average molecular weight is 374 g/mol. The first-order valence-electron chi connectivity index (χ1n) is 9.39. The lowest BCUT2D eigenvalue weighted by Gasteiger charge is -2.34. The van der Waals surface area contributed by atoms with Crippen LogP contribution in [0.15, 0.2) is 24.3 Å². The van der Waals surface area contributed by atoms with Crippen LogP contribution in [0.25, 0.3) is 0 Å². The summed E-state index contributed by atoms with van der Waals surface area (Å²) in [6.45, 7) is 5.36. The van der Waals surface area contributed by atoms with Crippen LogP contribution < -0.4 is 9.64 Å². The van der Waals surface area contributed by atoms with Crippen LogP contribution in [0, 0.1) is 11.8 Å². The lowest BCUT2D eigenvalue weighted by molar-refractivity contribution is -0.152. The zero-order valence-electron chi connectivity index (χ0n) is 15.8. The van der Waals surface area contributed by atoms with Gasteiger partial charge in [0, 0.05) is 13.1 Å². The molecule has 2 atom stereocenters. The van der Waals surface area contributed by atoms with Crippen LogP contribution in [0.3, 0.4) is 0 Å². The lowest BCUT2D eigenvalue weighted by Crippen LogP contribution is -2.45. The Morgan fingerprint density at radius 2 is 1.89 bits per heavy atom. The molecule has 1 aromatic rings. The Morgan fingerprint density at radius 1 is 1.19 bits per heavy atom. The minimum absolute atomic E-state index is 0.185. The van der Waals surface area contributed by atoms with E-state index in [0.717, 1.165) is 6.42 Å². The van der Waals surface area contributed by atoms with Gasteiger partial charge in [-0.25, -0.2) is 0 Å². The van der Waals surface area contributed by atoms with Gasteiger partial charge in [0.1, 0.15) is 12.3 Å². The molecule has 0 unspecified atom stereocenters. The number of rotatable bonds is 4. The van der Waals surface area contributed by atoms with E-state index < -0.39 is 5.97 Å². The van der Waals surface area contributed by atoms with E-state index in [1.807, 2.05) is 6.07 Å². The largest absolute Gasteiger partial charge is 0.491 e. The molecule has 2 heterocycles. The van der Waals surface area contributed by atoms with Crippen molar-refractivity contribution in [3.8, 4) is 5.75 Å². The van der Waals surface area contributed by atoms with Crippen molar-refractivity contribution in [2.75, 3.05) is 37.7 Å². The number of hydrogen-bond donors (Lipinski definition) is 0. The first kappa shape index (κ1) is 19.2. The SMILES string of the molecule is C[C@H]1C[C@H](C)CN(C(=O)COC(=O)CN2C(=O)CCOc3ccccc32)C1. The van der Waals surface area contributed by atoms with E-state index >= 15 is 0 Å². The molecule has 0 N–H and O–H groups in total. The van der Waals surface area contributed by atoms with Crippen molar-refractivity contribution in [3.63, 3.8) is 0 Å².